The Labute approximate surface area is 181 Å². The summed E-state index contributed by atoms with van der Waals surface area (Å²) in [6, 6.07) is 9.31. The van der Waals surface area contributed by atoms with Crippen molar-refractivity contribution in [2.24, 2.45) is 0 Å². The van der Waals surface area contributed by atoms with Gasteiger partial charge in [0.25, 0.3) is 0 Å². The summed E-state index contributed by atoms with van der Waals surface area (Å²) in [4.78, 5) is 7.82. The molecule has 4 aromatic rings. The van der Waals surface area contributed by atoms with Gasteiger partial charge in [0.2, 0.25) is 11.6 Å². The van der Waals surface area contributed by atoms with Crippen molar-refractivity contribution < 1.29 is 18.9 Å². The Morgan fingerprint density at radius 2 is 1.87 bits per heavy atom. The Morgan fingerprint density at radius 3 is 2.67 bits per heavy atom. The molecule has 0 amide bonds. The van der Waals surface area contributed by atoms with Gasteiger partial charge in [-0.2, -0.15) is 0 Å². The van der Waals surface area contributed by atoms with Crippen LogP contribution < -0.4 is 18.9 Å². The van der Waals surface area contributed by atoms with Crippen LogP contribution in [0.1, 0.15) is 0 Å². The van der Waals surface area contributed by atoms with Gasteiger partial charge in [-0.3, -0.25) is 4.40 Å². The van der Waals surface area contributed by atoms with E-state index in [0.29, 0.717) is 27.0 Å². The molecule has 0 fully saturated rings. The van der Waals surface area contributed by atoms with E-state index in [1.807, 2.05) is 34.9 Å². The lowest BCUT2D eigenvalue weighted by molar-refractivity contribution is 0.174. The molecule has 1 N–H and O–H groups in total. The minimum Gasteiger partial charge on any atom is -0.496 e. The van der Waals surface area contributed by atoms with E-state index < -0.39 is 0 Å². The van der Waals surface area contributed by atoms with Crippen molar-refractivity contribution >= 4 is 29.5 Å². The van der Waals surface area contributed by atoms with Crippen LogP contribution in [0.2, 0.25) is 5.02 Å². The van der Waals surface area contributed by atoms with Crippen LogP contribution in [0.15, 0.2) is 42.7 Å². The van der Waals surface area contributed by atoms with E-state index in [0.717, 1.165) is 33.8 Å². The van der Waals surface area contributed by atoms with E-state index in [1.54, 1.807) is 26.5 Å². The Kier molecular flexibility index (Phi) is 4.52. The molecule has 30 heavy (non-hydrogen) atoms. The van der Waals surface area contributed by atoms with Crippen LogP contribution in [0.25, 0.3) is 28.0 Å². The highest BCUT2D eigenvalue weighted by molar-refractivity contribution is 7.71. The van der Waals surface area contributed by atoms with E-state index in [4.69, 9.17) is 42.8 Å². The number of methoxy groups -OCH3 is 2. The number of rotatable bonds is 4. The molecule has 0 bridgehead atoms. The number of fused-ring (bicyclic) bond motifs is 2. The first-order valence-corrected chi connectivity index (χ1v) is 9.80. The first-order valence-electron chi connectivity index (χ1n) is 9.01. The highest BCUT2D eigenvalue weighted by Gasteiger charge is 2.18. The molecule has 0 atom stereocenters. The maximum atomic E-state index is 6.25. The number of hydrogen-bond acceptors (Lipinski definition) is 6. The lowest BCUT2D eigenvalue weighted by Gasteiger charge is -2.10. The Bertz CT molecular complexity index is 1350. The minimum absolute atomic E-state index is 0.219. The molecular weight excluding hydrogens is 426 g/mol. The molecule has 2 aromatic carbocycles. The van der Waals surface area contributed by atoms with Gasteiger partial charge in [-0.1, -0.05) is 17.7 Å². The number of ether oxygens (including phenoxy) is 4. The Hall–Kier alpha value is -3.23. The van der Waals surface area contributed by atoms with Crippen LogP contribution in [0, 0.1) is 4.77 Å². The van der Waals surface area contributed by atoms with Crippen LogP contribution in [-0.4, -0.2) is 35.4 Å². The predicted octanol–water partition coefficient (Wildman–Crippen LogP) is 5.13. The van der Waals surface area contributed by atoms with Gasteiger partial charge < -0.3 is 23.9 Å². The van der Waals surface area contributed by atoms with E-state index >= 15 is 0 Å². The van der Waals surface area contributed by atoms with Crippen molar-refractivity contribution in [3.05, 3.63) is 52.5 Å². The van der Waals surface area contributed by atoms with Gasteiger partial charge in [0.15, 0.2) is 11.5 Å². The molecule has 9 heteroatoms. The fraction of sp³-hybridized carbons (Fsp3) is 0.143. The smallest absolute Gasteiger partial charge is 0.231 e. The third-order valence-corrected chi connectivity index (χ3v) is 5.56. The second kappa shape index (κ2) is 7.23. The highest BCUT2D eigenvalue weighted by Crippen LogP contribution is 2.40. The molecule has 0 spiro atoms. The van der Waals surface area contributed by atoms with Crippen molar-refractivity contribution in [1.82, 2.24) is 14.4 Å². The zero-order valence-electron chi connectivity index (χ0n) is 16.1. The molecule has 3 heterocycles. The Balaban J connectivity index is 1.72. The molecule has 1 aliphatic rings. The Morgan fingerprint density at radius 1 is 1.07 bits per heavy atom. The lowest BCUT2D eigenvalue weighted by atomic mass is 10.1. The maximum Gasteiger partial charge on any atom is 0.231 e. The van der Waals surface area contributed by atoms with Crippen LogP contribution in [0.4, 0.5) is 0 Å². The number of nitrogens with one attached hydrogen (secondary N) is 1. The molecule has 0 radical (unpaired) electrons. The number of aromatic amines is 1. The van der Waals surface area contributed by atoms with Crippen molar-refractivity contribution in [3.8, 4) is 45.4 Å². The minimum atomic E-state index is 0.219. The molecule has 7 nitrogen and oxygen atoms in total. The average Bonchev–Trinajstić information content (AvgIpc) is 3.41. The van der Waals surface area contributed by atoms with Crippen molar-refractivity contribution in [1.29, 1.82) is 0 Å². The summed E-state index contributed by atoms with van der Waals surface area (Å²) in [5, 5.41) is 0.466. The van der Waals surface area contributed by atoms with Gasteiger partial charge in [0, 0.05) is 29.6 Å². The van der Waals surface area contributed by atoms with Crippen LogP contribution in [-0.2, 0) is 0 Å². The van der Waals surface area contributed by atoms with Crippen molar-refractivity contribution in [2.45, 2.75) is 0 Å². The summed E-state index contributed by atoms with van der Waals surface area (Å²) in [7, 11) is 3.16. The molecule has 0 unspecified atom stereocenters. The zero-order chi connectivity index (χ0) is 20.8. The van der Waals surface area contributed by atoms with Gasteiger partial charge in [-0.15, -0.1) is 0 Å². The number of H-pyrrole nitrogens is 1. The summed E-state index contributed by atoms with van der Waals surface area (Å²) in [5.41, 5.74) is 4.15. The summed E-state index contributed by atoms with van der Waals surface area (Å²) >= 11 is 11.7. The quantitative estimate of drug-likeness (QED) is 0.443. The third kappa shape index (κ3) is 2.96. The van der Waals surface area contributed by atoms with Crippen LogP contribution in [0.3, 0.4) is 0 Å². The van der Waals surface area contributed by atoms with Gasteiger partial charge in [-0.05, 0) is 36.0 Å². The molecule has 5 rings (SSSR count). The molecule has 1 aliphatic heterocycles. The van der Waals surface area contributed by atoms with Gasteiger partial charge in [-0.25, -0.2) is 4.98 Å². The third-order valence-electron chi connectivity index (χ3n) is 4.97. The van der Waals surface area contributed by atoms with Gasteiger partial charge in [0.05, 0.1) is 24.9 Å². The summed E-state index contributed by atoms with van der Waals surface area (Å²) in [6.45, 7) is 0.219. The molecule has 0 aliphatic carbocycles. The van der Waals surface area contributed by atoms with E-state index in [-0.39, 0.29) is 6.79 Å². The van der Waals surface area contributed by atoms with E-state index in [1.165, 1.54) is 0 Å². The zero-order valence-corrected chi connectivity index (χ0v) is 17.6. The summed E-state index contributed by atoms with van der Waals surface area (Å²) in [5.74, 6) is 2.57. The highest BCUT2D eigenvalue weighted by atomic mass is 35.5. The number of nitrogens with zero attached hydrogens (tertiary/aromatic N) is 2. The first-order chi connectivity index (χ1) is 14.6. The fourth-order valence-corrected chi connectivity index (χ4v) is 3.92. The number of aromatic nitrogens is 3. The fourth-order valence-electron chi connectivity index (χ4n) is 3.49. The summed E-state index contributed by atoms with van der Waals surface area (Å²) in [6.07, 6.45) is 3.63. The van der Waals surface area contributed by atoms with Gasteiger partial charge in [0.1, 0.15) is 17.1 Å². The number of halogens is 1. The van der Waals surface area contributed by atoms with Crippen molar-refractivity contribution in [3.63, 3.8) is 0 Å². The number of hydrogen-bond donors (Lipinski definition) is 1. The second-order valence-corrected chi connectivity index (χ2v) is 7.37. The molecule has 152 valence electrons. The monoisotopic (exact) mass is 441 g/mol. The number of imidazole rings is 1. The second-order valence-electron chi connectivity index (χ2n) is 6.60. The molecule has 2 aromatic heterocycles. The number of benzene rings is 2. The van der Waals surface area contributed by atoms with Crippen molar-refractivity contribution in [2.75, 3.05) is 21.0 Å². The van der Waals surface area contributed by atoms with E-state index in [9.17, 15) is 0 Å². The SMILES string of the molecule is COc1cc(-c2cn3c(=S)ncc(-c4ccc5c(c4)OCO5)c3[nH]2)c(OC)cc1Cl. The first kappa shape index (κ1) is 18.8. The standard InChI is InChI=1S/C21H16ClN3O4S/c1-26-17-7-14(22)18(27-2)6-12(17)15-9-25-20(24-15)13(8-23-21(25)30)11-3-4-16-19(5-11)29-10-28-16/h3-9,24H,10H2,1-2H3. The normalized spacial score (nSPS) is 12.4. The molecule has 0 saturated carbocycles. The lowest BCUT2D eigenvalue weighted by Crippen LogP contribution is -1.93. The predicted molar refractivity (Wildman–Crippen MR) is 115 cm³/mol. The van der Waals surface area contributed by atoms with Crippen LogP contribution in [0.5, 0.6) is 23.0 Å². The average molecular weight is 442 g/mol. The summed E-state index contributed by atoms with van der Waals surface area (Å²) < 4.78 is 24.1. The molecule has 0 saturated heterocycles. The maximum absolute atomic E-state index is 6.25. The largest absolute Gasteiger partial charge is 0.496 e. The van der Waals surface area contributed by atoms with Crippen LogP contribution >= 0.6 is 23.8 Å². The molecular formula is C21H16ClN3O4S. The van der Waals surface area contributed by atoms with Gasteiger partial charge >= 0.3 is 0 Å². The van der Waals surface area contributed by atoms with E-state index in [2.05, 4.69) is 9.97 Å². The topological polar surface area (TPSA) is 70.0 Å².